The highest BCUT2D eigenvalue weighted by atomic mass is 28.4. The fourth-order valence-corrected chi connectivity index (χ4v) is 20.5. The Morgan fingerprint density at radius 3 is 1.64 bits per heavy atom. The number of hydrogen-bond donors (Lipinski definition) is 0. The first-order chi connectivity index (χ1) is 16.7. The minimum atomic E-state index is -1.95. The number of nitrogens with zero attached hydrogens (tertiary/aromatic N) is 1. The van der Waals surface area contributed by atoms with Crippen molar-refractivity contribution in [3.63, 3.8) is 0 Å². The normalized spacial score (nSPS) is 35.5. The van der Waals surface area contributed by atoms with E-state index in [0.717, 1.165) is 19.3 Å². The summed E-state index contributed by atoms with van der Waals surface area (Å²) in [5, 5.41) is 0. The Morgan fingerprint density at radius 1 is 0.778 bits per heavy atom. The van der Waals surface area contributed by atoms with Gasteiger partial charge in [-0.05, 0) is 83.6 Å². The highest BCUT2D eigenvalue weighted by Gasteiger charge is 2.50. The molecule has 0 aromatic rings. The van der Waals surface area contributed by atoms with Gasteiger partial charge in [-0.2, -0.15) is 0 Å². The van der Waals surface area contributed by atoms with Crippen molar-refractivity contribution in [2.24, 2.45) is 4.99 Å². The van der Waals surface area contributed by atoms with Crippen molar-refractivity contribution >= 4 is 39.1 Å². The summed E-state index contributed by atoms with van der Waals surface area (Å²) in [6.07, 6.45) is 8.77. The molecule has 0 aromatic heterocycles. The molecule has 2 aliphatic rings. The van der Waals surface area contributed by atoms with E-state index in [1.54, 1.807) is 6.08 Å². The van der Waals surface area contributed by atoms with E-state index >= 15 is 0 Å². The van der Waals surface area contributed by atoms with Crippen molar-refractivity contribution in [2.45, 2.75) is 159 Å². The molecule has 2 rings (SSSR count). The van der Waals surface area contributed by atoms with Crippen LogP contribution in [0.3, 0.4) is 0 Å². The first kappa shape index (κ1) is 32.3. The van der Waals surface area contributed by atoms with E-state index in [1.807, 2.05) is 0 Å². The van der Waals surface area contributed by atoms with Gasteiger partial charge < -0.3 is 13.3 Å². The Bertz CT molecular complexity index is 707. The third-order valence-electron chi connectivity index (χ3n) is 8.94. The van der Waals surface area contributed by atoms with Gasteiger partial charge in [-0.15, -0.1) is 0 Å². The van der Waals surface area contributed by atoms with Crippen LogP contribution in [0.25, 0.3) is 0 Å². The third-order valence-corrected chi connectivity index (χ3v) is 22.1. The molecular weight excluding hydrogens is 515 g/mol. The van der Waals surface area contributed by atoms with Gasteiger partial charge >= 0.3 is 0 Å². The summed E-state index contributed by atoms with van der Waals surface area (Å²) in [6, 6.07) is 9.13. The van der Waals surface area contributed by atoms with Gasteiger partial charge in [-0.1, -0.05) is 57.3 Å². The zero-order chi connectivity index (χ0) is 27.1. The lowest BCUT2D eigenvalue weighted by molar-refractivity contribution is -0.111. The second-order valence-corrected chi connectivity index (χ2v) is 31.5. The van der Waals surface area contributed by atoms with Crippen molar-refractivity contribution in [3.05, 3.63) is 0 Å². The highest BCUT2D eigenvalue weighted by Crippen LogP contribution is 2.42. The topological polar surface area (TPSA) is 57.1 Å². The molecule has 2 saturated heterocycles. The van der Waals surface area contributed by atoms with Crippen molar-refractivity contribution in [1.29, 1.82) is 0 Å². The second-order valence-electron chi connectivity index (χ2n) is 13.7. The van der Waals surface area contributed by atoms with Crippen LogP contribution in [0.15, 0.2) is 4.99 Å². The van der Waals surface area contributed by atoms with Gasteiger partial charge in [-0.25, -0.2) is 9.79 Å². The Morgan fingerprint density at radius 2 is 1.22 bits per heavy atom. The Balaban J connectivity index is 2.59. The molecule has 2 fully saturated rings. The monoisotopic (exact) mass is 571 g/mol. The fourth-order valence-electron chi connectivity index (χ4n) is 7.08. The van der Waals surface area contributed by atoms with E-state index in [2.05, 4.69) is 65.0 Å². The lowest BCUT2D eigenvalue weighted by Gasteiger charge is -2.50. The molecular formula is C27H57NO4Si4. The second kappa shape index (κ2) is 13.5. The fraction of sp³-hybridized carbons (Fsp3) is 0.963. The lowest BCUT2D eigenvalue weighted by Crippen LogP contribution is -2.61. The standard InChI is InChI=1S/C27H57NO4Si4/c1-10-25-27(3)26(11-2)31-34(6,7)18-14-22-36(20-12-16-28-24-29,21-13-17-33(4,5)30-25)23-15-19-35(8,9)32-27/h25-26H,10-23H2,1-9H3. The molecule has 2 aliphatic heterocycles. The Labute approximate surface area is 227 Å². The minimum absolute atomic E-state index is 0.0765. The van der Waals surface area contributed by atoms with Crippen LogP contribution in [-0.2, 0) is 18.1 Å². The molecule has 9 heteroatoms. The number of fused-ring (bicyclic) bond motifs is 6. The van der Waals surface area contributed by atoms with E-state index in [0.29, 0.717) is 6.54 Å². The molecule has 2 heterocycles. The number of isocyanates is 1. The van der Waals surface area contributed by atoms with E-state index in [-0.39, 0.29) is 12.2 Å². The zero-order valence-electron chi connectivity index (χ0n) is 25.1. The molecule has 5 nitrogen and oxygen atoms in total. The molecule has 2 atom stereocenters. The molecule has 0 amide bonds. The molecule has 0 saturated carbocycles. The number of aliphatic imine (C=N–C) groups is 1. The summed E-state index contributed by atoms with van der Waals surface area (Å²) < 4.78 is 21.7. The largest absolute Gasteiger partial charge is 0.411 e. The molecule has 0 radical (unpaired) electrons. The molecule has 0 N–H and O–H groups in total. The highest BCUT2D eigenvalue weighted by molar-refractivity contribution is 6.80. The van der Waals surface area contributed by atoms with Gasteiger partial charge in [0.2, 0.25) is 6.08 Å². The van der Waals surface area contributed by atoms with E-state index in [1.165, 1.54) is 61.6 Å². The molecule has 2 bridgehead atoms. The number of carbonyl (C=O) groups excluding carboxylic acids is 1. The van der Waals surface area contributed by atoms with Gasteiger partial charge in [0.15, 0.2) is 25.0 Å². The van der Waals surface area contributed by atoms with Crippen LogP contribution in [0.1, 0.15) is 59.3 Å². The maximum absolute atomic E-state index is 10.7. The van der Waals surface area contributed by atoms with Crippen LogP contribution >= 0.6 is 0 Å². The zero-order valence-corrected chi connectivity index (χ0v) is 29.1. The average Bonchev–Trinajstić information content (AvgIpc) is 2.77. The van der Waals surface area contributed by atoms with Crippen molar-refractivity contribution in [2.75, 3.05) is 6.54 Å². The van der Waals surface area contributed by atoms with Crippen LogP contribution < -0.4 is 0 Å². The molecule has 36 heavy (non-hydrogen) atoms. The van der Waals surface area contributed by atoms with Crippen LogP contribution in [0.2, 0.25) is 81.6 Å². The average molecular weight is 572 g/mol. The molecule has 0 aromatic carbocycles. The molecule has 210 valence electrons. The first-order valence-corrected chi connectivity index (χ1v) is 27.0. The smallest absolute Gasteiger partial charge is 0.234 e. The molecule has 0 spiro atoms. The van der Waals surface area contributed by atoms with Crippen LogP contribution in [-0.4, -0.2) is 63.5 Å². The molecule has 2 unspecified atom stereocenters. The SMILES string of the molecule is CCC1O[Si](C)(C)CCC[Si]2(CCCN=C=O)CCC[Si](C)(C)OC(CC)C1(C)O[Si](C)(C)CCC2. The predicted octanol–water partition coefficient (Wildman–Crippen LogP) is 8.34. The Kier molecular flexibility index (Phi) is 12.1. The third kappa shape index (κ3) is 9.40. The van der Waals surface area contributed by atoms with Gasteiger partial charge in [0.1, 0.15) is 5.60 Å². The lowest BCUT2D eigenvalue weighted by atomic mass is 9.89. The van der Waals surface area contributed by atoms with Gasteiger partial charge in [0, 0.05) is 0 Å². The summed E-state index contributed by atoms with van der Waals surface area (Å²) in [5.41, 5.74) is -0.406. The minimum Gasteiger partial charge on any atom is -0.411 e. The molecule has 0 aliphatic carbocycles. The van der Waals surface area contributed by atoms with E-state index in [4.69, 9.17) is 13.3 Å². The first-order valence-electron chi connectivity index (χ1n) is 14.8. The van der Waals surface area contributed by atoms with Gasteiger partial charge in [0.05, 0.1) is 26.8 Å². The van der Waals surface area contributed by atoms with Crippen molar-refractivity contribution in [3.8, 4) is 0 Å². The Hall–Kier alpha value is 0.128. The maximum atomic E-state index is 10.7. The number of rotatable bonds is 6. The van der Waals surface area contributed by atoms with Gasteiger partial charge in [0.25, 0.3) is 0 Å². The van der Waals surface area contributed by atoms with Crippen molar-refractivity contribution in [1.82, 2.24) is 0 Å². The van der Waals surface area contributed by atoms with E-state index < -0.39 is 38.6 Å². The van der Waals surface area contributed by atoms with Crippen LogP contribution in [0.5, 0.6) is 0 Å². The number of hydrogen-bond acceptors (Lipinski definition) is 5. The predicted molar refractivity (Wildman–Crippen MR) is 163 cm³/mol. The maximum Gasteiger partial charge on any atom is 0.234 e. The summed E-state index contributed by atoms with van der Waals surface area (Å²) in [6.45, 7) is 22.1. The van der Waals surface area contributed by atoms with Crippen LogP contribution in [0.4, 0.5) is 0 Å². The van der Waals surface area contributed by atoms with Crippen molar-refractivity contribution < 1.29 is 18.1 Å². The van der Waals surface area contributed by atoms with Crippen LogP contribution in [0, 0.1) is 0 Å². The summed E-state index contributed by atoms with van der Waals surface area (Å²) in [4.78, 5) is 14.6. The summed E-state index contributed by atoms with van der Waals surface area (Å²) >= 11 is 0. The van der Waals surface area contributed by atoms with Gasteiger partial charge in [-0.3, -0.25) is 0 Å². The quantitative estimate of drug-likeness (QED) is 0.139. The summed E-state index contributed by atoms with van der Waals surface area (Å²) in [7, 11) is -7.21. The van der Waals surface area contributed by atoms with E-state index in [9.17, 15) is 4.79 Å². The summed E-state index contributed by atoms with van der Waals surface area (Å²) in [5.74, 6) is 0.